The number of hydrogen-bond acceptors (Lipinski definition) is 7. The van der Waals surface area contributed by atoms with Gasteiger partial charge >= 0.3 is 17.9 Å². The van der Waals surface area contributed by atoms with E-state index in [1.54, 1.807) is 24.3 Å². The van der Waals surface area contributed by atoms with E-state index in [9.17, 15) is 14.4 Å². The number of benzene rings is 2. The van der Waals surface area contributed by atoms with Gasteiger partial charge < -0.3 is 18.9 Å². The van der Waals surface area contributed by atoms with E-state index in [2.05, 4.69) is 13.5 Å². The Bertz CT molecular complexity index is 854. The van der Waals surface area contributed by atoms with Crippen molar-refractivity contribution in [3.8, 4) is 11.5 Å². The Morgan fingerprint density at radius 3 is 2.03 bits per heavy atom. The Hall–Kier alpha value is -3.61. The van der Waals surface area contributed by atoms with E-state index in [-0.39, 0.29) is 6.79 Å². The lowest BCUT2D eigenvalue weighted by Gasteiger charge is -2.08. The first-order valence-corrected chi connectivity index (χ1v) is 9.55. The van der Waals surface area contributed by atoms with E-state index in [1.165, 1.54) is 24.3 Å². The number of unbranched alkanes of at least 4 members (excludes halogenated alkanes) is 2. The standard InChI is InChI=1S/C23H24O7/c1-3-5-6-15-27-22(25)17-9-13-20(14-10-17)30-23(26)18-7-11-19(12-8-18)28-16-29-21(24)4-2/h4,7-14H,2-3,5-6,15-16H2,1H3. The van der Waals surface area contributed by atoms with Gasteiger partial charge in [0.2, 0.25) is 6.79 Å². The Morgan fingerprint density at radius 2 is 1.43 bits per heavy atom. The van der Waals surface area contributed by atoms with Gasteiger partial charge in [-0.1, -0.05) is 26.3 Å². The van der Waals surface area contributed by atoms with Gasteiger partial charge in [-0.25, -0.2) is 14.4 Å². The molecule has 0 bridgehead atoms. The number of hydrogen-bond donors (Lipinski definition) is 0. The molecule has 0 aliphatic carbocycles. The van der Waals surface area contributed by atoms with Gasteiger partial charge in [0.05, 0.1) is 17.7 Å². The van der Waals surface area contributed by atoms with Gasteiger partial charge in [0, 0.05) is 6.08 Å². The lowest BCUT2D eigenvalue weighted by Crippen LogP contribution is -2.10. The summed E-state index contributed by atoms with van der Waals surface area (Å²) < 4.78 is 20.4. The molecule has 0 saturated carbocycles. The van der Waals surface area contributed by atoms with Crippen LogP contribution in [0, 0.1) is 0 Å². The highest BCUT2D eigenvalue weighted by Gasteiger charge is 2.11. The predicted octanol–water partition coefficient (Wildman–Crippen LogP) is 4.32. The molecule has 0 saturated heterocycles. The van der Waals surface area contributed by atoms with Crippen LogP contribution in [0.15, 0.2) is 61.2 Å². The normalized spacial score (nSPS) is 10.0. The van der Waals surface area contributed by atoms with Gasteiger partial charge in [0.1, 0.15) is 11.5 Å². The van der Waals surface area contributed by atoms with Crippen LogP contribution in [-0.2, 0) is 14.3 Å². The average molecular weight is 412 g/mol. The van der Waals surface area contributed by atoms with Crippen LogP contribution in [0.4, 0.5) is 0 Å². The fraction of sp³-hybridized carbons (Fsp3) is 0.261. The third-order valence-corrected chi connectivity index (χ3v) is 3.97. The zero-order valence-electron chi connectivity index (χ0n) is 16.8. The molecular formula is C23H24O7. The molecular weight excluding hydrogens is 388 g/mol. The fourth-order valence-corrected chi connectivity index (χ4v) is 2.33. The van der Waals surface area contributed by atoms with Crippen molar-refractivity contribution < 1.29 is 33.3 Å². The van der Waals surface area contributed by atoms with Crippen molar-refractivity contribution in [1.82, 2.24) is 0 Å². The number of carbonyl (C=O) groups is 3. The summed E-state index contributed by atoms with van der Waals surface area (Å²) in [5, 5.41) is 0. The minimum Gasteiger partial charge on any atom is -0.462 e. The molecule has 2 aromatic carbocycles. The summed E-state index contributed by atoms with van der Waals surface area (Å²) in [7, 11) is 0. The van der Waals surface area contributed by atoms with Crippen LogP contribution in [-0.4, -0.2) is 31.3 Å². The molecule has 0 radical (unpaired) electrons. The smallest absolute Gasteiger partial charge is 0.343 e. The van der Waals surface area contributed by atoms with Crippen LogP contribution in [0.25, 0.3) is 0 Å². The summed E-state index contributed by atoms with van der Waals surface area (Å²) in [5.74, 6) is -0.830. The van der Waals surface area contributed by atoms with Crippen LogP contribution >= 0.6 is 0 Å². The predicted molar refractivity (Wildman–Crippen MR) is 109 cm³/mol. The maximum atomic E-state index is 12.3. The van der Waals surface area contributed by atoms with Gasteiger partial charge in [-0.05, 0) is 55.0 Å². The molecule has 0 unspecified atom stereocenters. The molecule has 30 heavy (non-hydrogen) atoms. The van der Waals surface area contributed by atoms with Crippen molar-refractivity contribution >= 4 is 17.9 Å². The first-order valence-electron chi connectivity index (χ1n) is 9.55. The Kier molecular flexibility index (Phi) is 9.12. The monoisotopic (exact) mass is 412 g/mol. The second kappa shape index (κ2) is 12.1. The van der Waals surface area contributed by atoms with Crippen molar-refractivity contribution in [3.63, 3.8) is 0 Å². The van der Waals surface area contributed by atoms with Crippen molar-refractivity contribution in [3.05, 3.63) is 72.3 Å². The number of carbonyl (C=O) groups excluding carboxylic acids is 3. The highest BCUT2D eigenvalue weighted by molar-refractivity contribution is 5.92. The van der Waals surface area contributed by atoms with E-state index in [0.29, 0.717) is 29.2 Å². The Balaban J connectivity index is 1.84. The molecule has 0 aliphatic rings. The third-order valence-electron chi connectivity index (χ3n) is 3.97. The van der Waals surface area contributed by atoms with E-state index < -0.39 is 17.9 Å². The van der Waals surface area contributed by atoms with E-state index in [4.69, 9.17) is 18.9 Å². The molecule has 0 fully saturated rings. The quantitative estimate of drug-likeness (QED) is 0.179. The Labute approximate surface area is 175 Å². The molecule has 0 N–H and O–H groups in total. The van der Waals surface area contributed by atoms with Gasteiger partial charge in [-0.15, -0.1) is 0 Å². The summed E-state index contributed by atoms with van der Waals surface area (Å²) in [6.45, 7) is 5.48. The van der Waals surface area contributed by atoms with Crippen molar-refractivity contribution in [2.24, 2.45) is 0 Å². The summed E-state index contributed by atoms with van der Waals surface area (Å²) in [4.78, 5) is 35.1. The lowest BCUT2D eigenvalue weighted by atomic mass is 10.2. The number of rotatable bonds is 11. The van der Waals surface area contributed by atoms with Crippen molar-refractivity contribution in [1.29, 1.82) is 0 Å². The molecule has 7 nitrogen and oxygen atoms in total. The number of esters is 3. The molecule has 0 aromatic heterocycles. The third kappa shape index (κ3) is 7.43. The van der Waals surface area contributed by atoms with Gasteiger partial charge in [-0.3, -0.25) is 0 Å². The molecule has 2 aromatic rings. The van der Waals surface area contributed by atoms with Crippen molar-refractivity contribution in [2.45, 2.75) is 26.2 Å². The zero-order chi connectivity index (χ0) is 21.8. The first kappa shape index (κ1) is 22.7. The molecule has 7 heteroatoms. The SMILES string of the molecule is C=CC(=O)OCOc1ccc(C(=O)Oc2ccc(C(=O)OCCCCC)cc2)cc1. The molecule has 0 aliphatic heterocycles. The van der Waals surface area contributed by atoms with Gasteiger partial charge in [-0.2, -0.15) is 0 Å². The van der Waals surface area contributed by atoms with Crippen LogP contribution in [0.2, 0.25) is 0 Å². The maximum absolute atomic E-state index is 12.3. The molecule has 2 rings (SSSR count). The second-order valence-electron chi connectivity index (χ2n) is 6.21. The maximum Gasteiger partial charge on any atom is 0.343 e. The fourth-order valence-electron chi connectivity index (χ4n) is 2.33. The molecule has 0 heterocycles. The molecule has 0 atom stereocenters. The van der Waals surface area contributed by atoms with Gasteiger partial charge in [0.15, 0.2) is 0 Å². The van der Waals surface area contributed by atoms with Crippen LogP contribution in [0.5, 0.6) is 11.5 Å². The Morgan fingerprint density at radius 1 is 0.833 bits per heavy atom. The minimum absolute atomic E-state index is 0.262. The lowest BCUT2D eigenvalue weighted by molar-refractivity contribution is -0.144. The summed E-state index contributed by atoms with van der Waals surface area (Å²) in [6.07, 6.45) is 3.93. The first-order chi connectivity index (χ1) is 14.5. The average Bonchev–Trinajstić information content (AvgIpc) is 2.77. The van der Waals surface area contributed by atoms with Crippen LogP contribution in [0.1, 0.15) is 46.9 Å². The van der Waals surface area contributed by atoms with Crippen LogP contribution < -0.4 is 9.47 Å². The molecule has 158 valence electrons. The van der Waals surface area contributed by atoms with E-state index in [1.807, 2.05) is 0 Å². The second-order valence-corrected chi connectivity index (χ2v) is 6.21. The minimum atomic E-state index is -0.592. The van der Waals surface area contributed by atoms with E-state index >= 15 is 0 Å². The van der Waals surface area contributed by atoms with Crippen molar-refractivity contribution in [2.75, 3.05) is 13.4 Å². The molecule has 0 spiro atoms. The molecule has 0 amide bonds. The zero-order valence-corrected chi connectivity index (χ0v) is 16.8. The highest BCUT2D eigenvalue weighted by Crippen LogP contribution is 2.17. The summed E-state index contributed by atoms with van der Waals surface area (Å²) >= 11 is 0. The van der Waals surface area contributed by atoms with E-state index in [0.717, 1.165) is 25.3 Å². The topological polar surface area (TPSA) is 88.1 Å². The summed E-state index contributed by atoms with van der Waals surface area (Å²) in [5.41, 5.74) is 0.704. The largest absolute Gasteiger partial charge is 0.462 e. The van der Waals surface area contributed by atoms with Gasteiger partial charge in [0.25, 0.3) is 0 Å². The number of ether oxygens (including phenoxy) is 4. The van der Waals surface area contributed by atoms with Crippen LogP contribution in [0.3, 0.4) is 0 Å². The highest BCUT2D eigenvalue weighted by atomic mass is 16.7. The summed E-state index contributed by atoms with van der Waals surface area (Å²) in [6, 6.07) is 12.3.